The number of fused-ring (bicyclic) bond motifs is 1. The highest BCUT2D eigenvalue weighted by atomic mass is 31.1. The van der Waals surface area contributed by atoms with Gasteiger partial charge in [0.15, 0.2) is 0 Å². The summed E-state index contributed by atoms with van der Waals surface area (Å²) in [7, 11) is -0.433. The summed E-state index contributed by atoms with van der Waals surface area (Å²) in [5.74, 6) is 0.0314. The first-order chi connectivity index (χ1) is 13.0. The van der Waals surface area contributed by atoms with Gasteiger partial charge in [-0.25, -0.2) is 9.97 Å². The Morgan fingerprint density at radius 1 is 1.21 bits per heavy atom. The first-order valence-electron chi connectivity index (χ1n) is 8.65. The molecule has 0 fully saturated rings. The van der Waals surface area contributed by atoms with Crippen molar-refractivity contribution in [3.8, 4) is 11.3 Å². The first kappa shape index (κ1) is 20.6. The molecule has 0 radical (unpaired) electrons. The molecule has 0 atom stereocenters. The number of benzene rings is 1. The summed E-state index contributed by atoms with van der Waals surface area (Å²) in [6, 6.07) is 5.62. The van der Waals surface area contributed by atoms with Gasteiger partial charge in [-0.15, -0.1) is 0 Å². The second-order valence-corrected chi connectivity index (χ2v) is 9.69. The normalized spacial score (nSPS) is 12.8. The molecule has 0 bridgehead atoms. The van der Waals surface area contributed by atoms with E-state index in [1.54, 1.807) is 26.1 Å². The molecule has 0 aliphatic rings. The van der Waals surface area contributed by atoms with Crippen LogP contribution in [0, 0.1) is 0 Å². The largest absolute Gasteiger partial charge is 0.419 e. The Hall–Kier alpha value is -2.18. The summed E-state index contributed by atoms with van der Waals surface area (Å²) in [6.45, 7) is 7.45. The zero-order chi connectivity index (χ0) is 20.7. The minimum absolute atomic E-state index is 0.0314. The molecule has 0 aliphatic heterocycles. The molecular formula is C19H22F3N4OP. The van der Waals surface area contributed by atoms with Crippen LogP contribution in [-0.4, -0.2) is 45.5 Å². The summed E-state index contributed by atoms with van der Waals surface area (Å²) >= 11 is 0. The summed E-state index contributed by atoms with van der Waals surface area (Å²) < 4.78 is 40.8. The van der Waals surface area contributed by atoms with Crippen LogP contribution in [-0.2, 0) is 6.18 Å². The fourth-order valence-corrected chi connectivity index (χ4v) is 3.90. The van der Waals surface area contributed by atoms with Gasteiger partial charge in [0.2, 0.25) is 5.95 Å². The Kier molecular flexibility index (Phi) is 5.38. The van der Waals surface area contributed by atoms with E-state index in [9.17, 15) is 18.3 Å². The minimum Gasteiger partial charge on any atom is -0.389 e. The third-order valence-electron chi connectivity index (χ3n) is 4.20. The molecule has 2 aromatic heterocycles. The van der Waals surface area contributed by atoms with Crippen LogP contribution in [0.25, 0.3) is 22.2 Å². The van der Waals surface area contributed by atoms with E-state index in [4.69, 9.17) is 0 Å². The third kappa shape index (κ3) is 4.28. The first-order valence-corrected chi connectivity index (χ1v) is 10.9. The van der Waals surface area contributed by atoms with Crippen LogP contribution in [0.15, 0.2) is 30.6 Å². The monoisotopic (exact) mass is 410 g/mol. The number of halogens is 3. The van der Waals surface area contributed by atoms with Gasteiger partial charge in [-0.3, -0.25) is 0 Å². The number of nitrogens with zero attached hydrogens (tertiary/aromatic N) is 2. The molecule has 0 amide bonds. The molecule has 9 heteroatoms. The van der Waals surface area contributed by atoms with Gasteiger partial charge in [-0.2, -0.15) is 13.2 Å². The van der Waals surface area contributed by atoms with Crippen LogP contribution >= 0.6 is 7.92 Å². The highest BCUT2D eigenvalue weighted by Crippen LogP contribution is 2.39. The van der Waals surface area contributed by atoms with E-state index >= 15 is 0 Å². The SMILES string of the molecule is CP(C)c1cccc2c(-c3nc(NCC(C)(C)O)ncc3C(F)(F)F)c[nH]c12. The summed E-state index contributed by atoms with van der Waals surface area (Å²) in [6.07, 6.45) is -2.25. The summed E-state index contributed by atoms with van der Waals surface area (Å²) in [5, 5.41) is 14.4. The Morgan fingerprint density at radius 3 is 2.54 bits per heavy atom. The smallest absolute Gasteiger partial charge is 0.389 e. The fourth-order valence-electron chi connectivity index (χ4n) is 2.88. The van der Waals surface area contributed by atoms with Crippen molar-refractivity contribution in [2.45, 2.75) is 25.6 Å². The second-order valence-electron chi connectivity index (χ2n) is 7.42. The van der Waals surface area contributed by atoms with Crippen LogP contribution in [0.1, 0.15) is 19.4 Å². The lowest BCUT2D eigenvalue weighted by molar-refractivity contribution is -0.137. The van der Waals surface area contributed by atoms with Crippen LogP contribution in [0.3, 0.4) is 0 Å². The molecule has 3 rings (SSSR count). The lowest BCUT2D eigenvalue weighted by Crippen LogP contribution is -2.30. The van der Waals surface area contributed by atoms with Gasteiger partial charge in [-0.05, 0) is 32.5 Å². The van der Waals surface area contributed by atoms with Crippen molar-refractivity contribution in [3.63, 3.8) is 0 Å². The van der Waals surface area contributed by atoms with Crippen molar-refractivity contribution in [1.82, 2.24) is 15.0 Å². The van der Waals surface area contributed by atoms with Crippen molar-refractivity contribution >= 4 is 30.1 Å². The third-order valence-corrected chi connectivity index (χ3v) is 5.54. The van der Waals surface area contributed by atoms with Gasteiger partial charge in [0.25, 0.3) is 0 Å². The minimum atomic E-state index is -4.59. The molecule has 0 spiro atoms. The Bertz CT molecular complexity index is 993. The lowest BCUT2D eigenvalue weighted by Gasteiger charge is -2.18. The number of H-pyrrole nitrogens is 1. The van der Waals surface area contributed by atoms with E-state index < -0.39 is 25.3 Å². The average Bonchev–Trinajstić information content (AvgIpc) is 3.02. The van der Waals surface area contributed by atoms with Crippen molar-refractivity contribution in [2.75, 3.05) is 25.2 Å². The second kappa shape index (κ2) is 7.33. The number of hydrogen-bond acceptors (Lipinski definition) is 4. The lowest BCUT2D eigenvalue weighted by atomic mass is 10.1. The number of hydrogen-bond donors (Lipinski definition) is 3. The Balaban J connectivity index is 2.16. The molecule has 5 nitrogen and oxygen atoms in total. The number of para-hydroxylation sites is 1. The molecular weight excluding hydrogens is 388 g/mol. The highest BCUT2D eigenvalue weighted by molar-refractivity contribution is 7.64. The van der Waals surface area contributed by atoms with Crippen LogP contribution in [0.2, 0.25) is 0 Å². The molecule has 2 heterocycles. The molecule has 28 heavy (non-hydrogen) atoms. The number of aromatic nitrogens is 3. The van der Waals surface area contributed by atoms with E-state index in [-0.39, 0.29) is 18.2 Å². The van der Waals surface area contributed by atoms with Crippen molar-refractivity contribution in [1.29, 1.82) is 0 Å². The molecule has 3 N–H and O–H groups in total. The van der Waals surface area contributed by atoms with Gasteiger partial charge in [-0.1, -0.05) is 26.1 Å². The molecule has 0 saturated heterocycles. The van der Waals surface area contributed by atoms with E-state index in [1.807, 2.05) is 12.1 Å². The van der Waals surface area contributed by atoms with Crippen molar-refractivity contribution < 1.29 is 18.3 Å². The molecule has 0 aliphatic carbocycles. The fraction of sp³-hybridized carbons (Fsp3) is 0.368. The maximum absolute atomic E-state index is 13.6. The molecule has 0 saturated carbocycles. The van der Waals surface area contributed by atoms with E-state index in [1.165, 1.54) is 0 Å². The average molecular weight is 410 g/mol. The number of anilines is 1. The zero-order valence-corrected chi connectivity index (χ0v) is 16.9. The van der Waals surface area contributed by atoms with E-state index in [0.29, 0.717) is 10.9 Å². The number of aromatic amines is 1. The van der Waals surface area contributed by atoms with Crippen molar-refractivity contribution in [2.24, 2.45) is 0 Å². The van der Waals surface area contributed by atoms with Crippen LogP contribution in [0.4, 0.5) is 19.1 Å². The number of rotatable bonds is 5. The topological polar surface area (TPSA) is 73.8 Å². The molecule has 150 valence electrons. The highest BCUT2D eigenvalue weighted by Gasteiger charge is 2.36. The van der Waals surface area contributed by atoms with Gasteiger partial charge in [0.1, 0.15) is 5.56 Å². The Morgan fingerprint density at radius 2 is 1.93 bits per heavy atom. The predicted molar refractivity (Wildman–Crippen MR) is 108 cm³/mol. The van der Waals surface area contributed by atoms with E-state index in [0.717, 1.165) is 17.0 Å². The quantitative estimate of drug-likeness (QED) is 0.552. The Labute approximate surface area is 162 Å². The maximum Gasteiger partial charge on any atom is 0.419 e. The van der Waals surface area contributed by atoms with Crippen LogP contribution < -0.4 is 10.6 Å². The maximum atomic E-state index is 13.6. The summed E-state index contributed by atoms with van der Waals surface area (Å²) in [4.78, 5) is 11.0. The van der Waals surface area contributed by atoms with Gasteiger partial charge < -0.3 is 15.4 Å². The summed E-state index contributed by atoms with van der Waals surface area (Å²) in [5.41, 5.74) is -0.953. The van der Waals surface area contributed by atoms with E-state index in [2.05, 4.69) is 33.6 Å². The molecule has 0 unspecified atom stereocenters. The van der Waals surface area contributed by atoms with Gasteiger partial charge >= 0.3 is 6.18 Å². The number of nitrogens with one attached hydrogen (secondary N) is 2. The molecule has 1 aromatic carbocycles. The van der Waals surface area contributed by atoms with Crippen molar-refractivity contribution in [3.05, 3.63) is 36.2 Å². The van der Waals surface area contributed by atoms with Gasteiger partial charge in [0, 0.05) is 29.9 Å². The number of aliphatic hydroxyl groups is 1. The van der Waals surface area contributed by atoms with Gasteiger partial charge in [0.05, 0.1) is 16.8 Å². The molecule has 3 aromatic rings. The zero-order valence-electron chi connectivity index (χ0n) is 16.0. The standard InChI is InChI=1S/C19H22F3N4OP/c1-18(2,27)10-25-17-24-9-13(19(20,21)22)15(26-17)12-8-23-16-11(12)6-5-7-14(16)28(3)4/h5-9,23,27H,10H2,1-4H3,(H,24,25,26). The predicted octanol–water partition coefficient (Wildman–Crippen LogP) is 4.19. The number of alkyl halides is 3. The van der Waals surface area contributed by atoms with Crippen LogP contribution in [0.5, 0.6) is 0 Å².